The molecule has 1 heterocycles. The Balaban J connectivity index is 2.17. The lowest BCUT2D eigenvalue weighted by Crippen LogP contribution is -2.26. The molecule has 0 fully saturated rings. The van der Waals surface area contributed by atoms with Crippen LogP contribution in [0.25, 0.3) is 21.8 Å². The van der Waals surface area contributed by atoms with E-state index < -0.39 is 0 Å². The van der Waals surface area contributed by atoms with Crippen LogP contribution in [0.4, 0.5) is 0 Å². The first-order valence-electron chi connectivity index (χ1n) is 9.37. The quantitative estimate of drug-likeness (QED) is 0.573. The van der Waals surface area contributed by atoms with Crippen LogP contribution < -0.4 is 0 Å². The summed E-state index contributed by atoms with van der Waals surface area (Å²) in [4.78, 5) is 14.3. The highest BCUT2D eigenvalue weighted by Gasteiger charge is 2.13. The summed E-state index contributed by atoms with van der Waals surface area (Å²) in [6.07, 6.45) is 1.02. The highest BCUT2D eigenvalue weighted by molar-refractivity contribution is 6.10. The van der Waals surface area contributed by atoms with E-state index in [4.69, 9.17) is 0 Å². The molecule has 0 unspecified atom stereocenters. The highest BCUT2D eigenvalue weighted by Crippen LogP contribution is 2.31. The Morgan fingerprint density at radius 2 is 1.60 bits per heavy atom. The van der Waals surface area contributed by atoms with Crippen LogP contribution in [0, 0.1) is 0 Å². The zero-order chi connectivity index (χ0) is 18.0. The summed E-state index contributed by atoms with van der Waals surface area (Å²) >= 11 is 0. The van der Waals surface area contributed by atoms with Crippen LogP contribution >= 0.6 is 0 Å². The average molecular weight is 336 g/mol. The number of benzene rings is 2. The number of nitrogens with zero attached hydrogens (tertiary/aromatic N) is 2. The van der Waals surface area contributed by atoms with Gasteiger partial charge < -0.3 is 9.47 Å². The first-order chi connectivity index (χ1) is 12.1. The first kappa shape index (κ1) is 17.7. The van der Waals surface area contributed by atoms with Crippen LogP contribution in [-0.4, -0.2) is 34.9 Å². The van der Waals surface area contributed by atoms with Gasteiger partial charge in [0.1, 0.15) is 0 Å². The minimum absolute atomic E-state index is 0.123. The number of fused-ring (bicyclic) bond motifs is 3. The molecule has 0 saturated carbocycles. The van der Waals surface area contributed by atoms with Crippen LogP contribution in [0.3, 0.4) is 0 Å². The number of hydrogen-bond donors (Lipinski definition) is 0. The van der Waals surface area contributed by atoms with Crippen LogP contribution in [-0.2, 0) is 13.0 Å². The van der Waals surface area contributed by atoms with Crippen LogP contribution in [0.15, 0.2) is 36.4 Å². The van der Waals surface area contributed by atoms with Gasteiger partial charge in [-0.2, -0.15) is 0 Å². The van der Waals surface area contributed by atoms with Crippen LogP contribution in [0.2, 0.25) is 0 Å². The van der Waals surface area contributed by atoms with E-state index in [2.05, 4.69) is 60.6 Å². The molecule has 3 heteroatoms. The Labute approximate surface area is 150 Å². The third-order valence-corrected chi connectivity index (χ3v) is 5.28. The summed E-state index contributed by atoms with van der Waals surface area (Å²) in [5.74, 6) is 0.123. The fourth-order valence-corrected chi connectivity index (χ4v) is 3.61. The number of aromatic nitrogens is 1. The number of Topliss-reactive ketones (excluding diaryl/α,β-unsaturated/α-hetero) is 1. The van der Waals surface area contributed by atoms with E-state index in [-0.39, 0.29) is 5.78 Å². The van der Waals surface area contributed by atoms with E-state index in [1.807, 2.05) is 6.07 Å². The van der Waals surface area contributed by atoms with Gasteiger partial charge in [0.15, 0.2) is 5.78 Å². The van der Waals surface area contributed by atoms with Crippen LogP contribution in [0.1, 0.15) is 43.6 Å². The molecule has 0 aliphatic rings. The lowest BCUT2D eigenvalue weighted by atomic mass is 10.0. The van der Waals surface area contributed by atoms with E-state index in [1.165, 1.54) is 27.4 Å². The maximum Gasteiger partial charge on any atom is 0.159 e. The van der Waals surface area contributed by atoms with Gasteiger partial charge >= 0.3 is 0 Å². The van der Waals surface area contributed by atoms with Gasteiger partial charge in [0, 0.05) is 40.5 Å². The second-order valence-corrected chi connectivity index (χ2v) is 6.67. The topological polar surface area (TPSA) is 25.2 Å². The molecular weight excluding hydrogens is 308 g/mol. The smallest absolute Gasteiger partial charge is 0.159 e. The number of carbonyl (C=O) groups excluding carboxylic acids is 1. The van der Waals surface area contributed by atoms with Crippen molar-refractivity contribution in [2.75, 3.05) is 19.6 Å². The number of aryl methyl sites for hydroxylation is 1. The number of ketones is 1. The standard InChI is InChI=1S/C22H28N2O/c1-5-17-8-10-21-19(14-17)20-15-18(16(4)25)9-11-22(20)24(21)13-12-23(6-2)7-3/h8-11,14-15H,5-7,12-13H2,1-4H3. The molecule has 3 nitrogen and oxygen atoms in total. The van der Waals surface area contributed by atoms with Crippen molar-refractivity contribution in [2.45, 2.75) is 40.7 Å². The number of carbonyl (C=O) groups is 1. The molecule has 0 spiro atoms. The molecule has 0 aliphatic heterocycles. The molecule has 2 aromatic carbocycles. The average Bonchev–Trinajstić information content (AvgIpc) is 2.95. The van der Waals surface area contributed by atoms with Crippen molar-refractivity contribution < 1.29 is 4.79 Å². The largest absolute Gasteiger partial charge is 0.339 e. The zero-order valence-corrected chi connectivity index (χ0v) is 15.8. The molecule has 0 amide bonds. The maximum atomic E-state index is 11.8. The lowest BCUT2D eigenvalue weighted by molar-refractivity contribution is 0.101. The maximum absolute atomic E-state index is 11.8. The summed E-state index contributed by atoms with van der Waals surface area (Å²) < 4.78 is 2.41. The predicted octanol–water partition coefficient (Wildman–Crippen LogP) is 4.90. The summed E-state index contributed by atoms with van der Waals surface area (Å²) in [7, 11) is 0. The van der Waals surface area contributed by atoms with E-state index in [0.29, 0.717) is 0 Å². The minimum Gasteiger partial charge on any atom is -0.339 e. The van der Waals surface area contributed by atoms with Crippen LogP contribution in [0.5, 0.6) is 0 Å². The summed E-state index contributed by atoms with van der Waals surface area (Å²) in [5.41, 5.74) is 4.61. The normalized spacial score (nSPS) is 11.7. The van der Waals surface area contributed by atoms with Gasteiger partial charge in [-0.25, -0.2) is 0 Å². The molecule has 3 aromatic rings. The predicted molar refractivity (Wildman–Crippen MR) is 107 cm³/mol. The second kappa shape index (κ2) is 7.40. The Morgan fingerprint density at radius 3 is 2.20 bits per heavy atom. The number of rotatable bonds is 7. The van der Waals surface area contributed by atoms with Crippen molar-refractivity contribution in [2.24, 2.45) is 0 Å². The molecule has 0 N–H and O–H groups in total. The van der Waals surface area contributed by atoms with Gasteiger partial charge in [-0.1, -0.05) is 26.8 Å². The van der Waals surface area contributed by atoms with Gasteiger partial charge in [-0.15, -0.1) is 0 Å². The highest BCUT2D eigenvalue weighted by atomic mass is 16.1. The Morgan fingerprint density at radius 1 is 0.960 bits per heavy atom. The number of likely N-dealkylation sites (N-methyl/N-ethyl adjacent to an activating group) is 1. The van der Waals surface area contributed by atoms with E-state index in [0.717, 1.165) is 38.2 Å². The molecule has 132 valence electrons. The molecule has 1 aromatic heterocycles. The minimum atomic E-state index is 0.123. The molecule has 3 rings (SSSR count). The van der Waals surface area contributed by atoms with Crippen molar-refractivity contribution >= 4 is 27.6 Å². The fourth-order valence-electron chi connectivity index (χ4n) is 3.61. The second-order valence-electron chi connectivity index (χ2n) is 6.67. The van der Waals surface area contributed by atoms with E-state index in [1.54, 1.807) is 6.92 Å². The van der Waals surface area contributed by atoms with E-state index >= 15 is 0 Å². The van der Waals surface area contributed by atoms with Gasteiger partial charge in [-0.3, -0.25) is 4.79 Å². The van der Waals surface area contributed by atoms with Crippen molar-refractivity contribution in [3.63, 3.8) is 0 Å². The lowest BCUT2D eigenvalue weighted by Gasteiger charge is -2.19. The summed E-state index contributed by atoms with van der Waals surface area (Å²) in [6.45, 7) is 12.4. The number of hydrogen-bond acceptors (Lipinski definition) is 2. The SMILES string of the molecule is CCc1ccc2c(c1)c1cc(C(C)=O)ccc1n2CCN(CC)CC. The monoisotopic (exact) mass is 336 g/mol. The van der Waals surface area contributed by atoms with Crippen molar-refractivity contribution in [3.05, 3.63) is 47.5 Å². The first-order valence-corrected chi connectivity index (χ1v) is 9.37. The Hall–Kier alpha value is -2.13. The van der Waals surface area contributed by atoms with Crippen molar-refractivity contribution in [1.29, 1.82) is 0 Å². The van der Waals surface area contributed by atoms with Gasteiger partial charge in [-0.05, 0) is 62.3 Å². The molecular formula is C22H28N2O. The van der Waals surface area contributed by atoms with Crippen molar-refractivity contribution in [3.8, 4) is 0 Å². The summed E-state index contributed by atoms with van der Waals surface area (Å²) in [5, 5.41) is 2.45. The summed E-state index contributed by atoms with van der Waals surface area (Å²) in [6, 6.07) is 12.9. The van der Waals surface area contributed by atoms with E-state index in [9.17, 15) is 4.79 Å². The fraction of sp³-hybridized carbons (Fsp3) is 0.409. The Bertz CT molecular complexity index is 903. The van der Waals surface area contributed by atoms with Crippen molar-refractivity contribution in [1.82, 2.24) is 9.47 Å². The third-order valence-electron chi connectivity index (χ3n) is 5.28. The molecule has 0 radical (unpaired) electrons. The van der Waals surface area contributed by atoms with Gasteiger partial charge in [0.2, 0.25) is 0 Å². The molecule has 0 saturated heterocycles. The van der Waals surface area contributed by atoms with Gasteiger partial charge in [0.05, 0.1) is 0 Å². The molecule has 25 heavy (non-hydrogen) atoms. The Kier molecular flexibility index (Phi) is 5.24. The molecule has 0 bridgehead atoms. The zero-order valence-electron chi connectivity index (χ0n) is 15.8. The van der Waals surface area contributed by atoms with Gasteiger partial charge in [0.25, 0.3) is 0 Å². The molecule has 0 atom stereocenters. The molecule has 0 aliphatic carbocycles. The third kappa shape index (κ3) is 3.34.